The Balaban J connectivity index is 2.29. The predicted molar refractivity (Wildman–Crippen MR) is 75.5 cm³/mol. The minimum atomic E-state index is -0.960. The van der Waals surface area contributed by atoms with Crippen LogP contribution in [0.15, 0.2) is 36.4 Å². The Morgan fingerprint density at radius 3 is 2.52 bits per heavy atom. The number of aliphatic carboxylic acids is 1. The molecule has 21 heavy (non-hydrogen) atoms. The molecule has 0 saturated heterocycles. The van der Waals surface area contributed by atoms with Crippen molar-refractivity contribution in [2.24, 2.45) is 0 Å². The van der Waals surface area contributed by atoms with Gasteiger partial charge in [-0.1, -0.05) is 18.2 Å². The first-order valence-corrected chi connectivity index (χ1v) is 6.41. The molecule has 5 nitrogen and oxygen atoms in total. The van der Waals surface area contributed by atoms with Crippen molar-refractivity contribution in [3.8, 4) is 23.0 Å². The van der Waals surface area contributed by atoms with E-state index < -0.39 is 11.9 Å². The van der Waals surface area contributed by atoms with Gasteiger partial charge in [0, 0.05) is 5.56 Å². The van der Waals surface area contributed by atoms with Gasteiger partial charge in [0.15, 0.2) is 11.5 Å². The highest BCUT2D eigenvalue weighted by atomic mass is 16.5. The molecule has 2 aromatic carbocycles. The molecular weight excluding hydrogens is 272 g/mol. The molecule has 1 heterocycles. The van der Waals surface area contributed by atoms with Gasteiger partial charge in [-0.3, -0.25) is 4.79 Å². The number of para-hydroxylation sites is 1. The minimum absolute atomic E-state index is 0.386. The number of rotatable bonds is 3. The van der Waals surface area contributed by atoms with Gasteiger partial charge in [-0.05, 0) is 18.2 Å². The molecule has 3 rings (SSSR count). The highest BCUT2D eigenvalue weighted by Crippen LogP contribution is 2.50. The lowest BCUT2D eigenvalue weighted by Crippen LogP contribution is -2.19. The molecule has 1 N–H and O–H groups in total. The summed E-state index contributed by atoms with van der Waals surface area (Å²) in [6.45, 7) is 0. The van der Waals surface area contributed by atoms with Crippen molar-refractivity contribution in [1.82, 2.24) is 0 Å². The lowest BCUT2D eigenvalue weighted by molar-refractivity contribution is -0.137. The topological polar surface area (TPSA) is 65.0 Å². The van der Waals surface area contributed by atoms with Crippen LogP contribution in [-0.4, -0.2) is 25.3 Å². The van der Waals surface area contributed by atoms with E-state index in [1.54, 1.807) is 30.3 Å². The fourth-order valence-electron chi connectivity index (χ4n) is 2.64. The number of benzene rings is 2. The number of hydrogen-bond acceptors (Lipinski definition) is 4. The Labute approximate surface area is 121 Å². The number of carboxylic acids is 1. The summed E-state index contributed by atoms with van der Waals surface area (Å²) in [4.78, 5) is 11.8. The Morgan fingerprint density at radius 1 is 1.10 bits per heavy atom. The van der Waals surface area contributed by atoms with Crippen LogP contribution in [0.2, 0.25) is 0 Å². The number of fused-ring (bicyclic) bond motifs is 2. The molecule has 1 aliphatic heterocycles. The number of carbonyl (C=O) groups is 1. The van der Waals surface area contributed by atoms with E-state index in [1.165, 1.54) is 14.2 Å². The van der Waals surface area contributed by atoms with E-state index in [1.807, 2.05) is 6.07 Å². The van der Waals surface area contributed by atoms with Gasteiger partial charge in [0.1, 0.15) is 17.4 Å². The van der Waals surface area contributed by atoms with E-state index in [9.17, 15) is 9.90 Å². The van der Waals surface area contributed by atoms with Gasteiger partial charge in [0.25, 0.3) is 0 Å². The van der Waals surface area contributed by atoms with E-state index in [0.29, 0.717) is 34.1 Å². The monoisotopic (exact) mass is 286 g/mol. The molecule has 0 saturated carbocycles. The summed E-state index contributed by atoms with van der Waals surface area (Å²) < 4.78 is 16.4. The second-order valence-corrected chi connectivity index (χ2v) is 4.62. The summed E-state index contributed by atoms with van der Waals surface area (Å²) in [5.74, 6) is 0.0688. The molecule has 108 valence electrons. The van der Waals surface area contributed by atoms with Crippen molar-refractivity contribution in [3.05, 3.63) is 47.5 Å². The summed E-state index contributed by atoms with van der Waals surface area (Å²) in [5.41, 5.74) is 1.08. The average molecular weight is 286 g/mol. The number of methoxy groups -OCH3 is 2. The molecule has 2 aromatic rings. The summed E-state index contributed by atoms with van der Waals surface area (Å²) in [6, 6.07) is 10.5. The standard InChI is InChI=1S/C16H14O5/c1-19-12-8-7-11-14(15(12)20-2)13(16(17)18)9-5-3-4-6-10(9)21-11/h3-8,13H,1-2H3,(H,17,18). The Bertz CT molecular complexity index is 708. The zero-order valence-electron chi connectivity index (χ0n) is 11.6. The van der Waals surface area contributed by atoms with Crippen LogP contribution >= 0.6 is 0 Å². The van der Waals surface area contributed by atoms with Crippen LogP contribution in [0.3, 0.4) is 0 Å². The molecule has 0 spiro atoms. The predicted octanol–water partition coefficient (Wildman–Crippen LogP) is 3.03. The SMILES string of the molecule is COc1ccc2c(c1OC)C(C(=O)O)c1ccccc1O2. The molecule has 0 amide bonds. The first kappa shape index (κ1) is 13.3. The van der Waals surface area contributed by atoms with Crippen molar-refractivity contribution >= 4 is 5.97 Å². The zero-order valence-corrected chi connectivity index (χ0v) is 11.6. The molecule has 0 radical (unpaired) electrons. The number of carboxylic acid groups (broad SMARTS) is 1. The lowest BCUT2D eigenvalue weighted by atomic mass is 9.87. The van der Waals surface area contributed by atoms with Crippen LogP contribution in [-0.2, 0) is 4.79 Å². The van der Waals surface area contributed by atoms with Gasteiger partial charge in [-0.2, -0.15) is 0 Å². The minimum Gasteiger partial charge on any atom is -0.493 e. The van der Waals surface area contributed by atoms with Gasteiger partial charge >= 0.3 is 5.97 Å². The van der Waals surface area contributed by atoms with E-state index in [4.69, 9.17) is 14.2 Å². The van der Waals surface area contributed by atoms with E-state index in [-0.39, 0.29) is 0 Å². The van der Waals surface area contributed by atoms with Crippen molar-refractivity contribution < 1.29 is 24.1 Å². The summed E-state index contributed by atoms with van der Waals surface area (Å²) in [6.07, 6.45) is 0. The van der Waals surface area contributed by atoms with E-state index >= 15 is 0 Å². The molecule has 1 atom stereocenters. The fourth-order valence-corrected chi connectivity index (χ4v) is 2.64. The van der Waals surface area contributed by atoms with Crippen LogP contribution in [0.4, 0.5) is 0 Å². The van der Waals surface area contributed by atoms with Gasteiger partial charge in [0.2, 0.25) is 0 Å². The van der Waals surface area contributed by atoms with Crippen molar-refractivity contribution in [2.75, 3.05) is 14.2 Å². The van der Waals surface area contributed by atoms with Crippen molar-refractivity contribution in [1.29, 1.82) is 0 Å². The Hall–Kier alpha value is -2.69. The van der Waals surface area contributed by atoms with Gasteiger partial charge < -0.3 is 19.3 Å². The number of hydrogen-bond donors (Lipinski definition) is 1. The van der Waals surface area contributed by atoms with Crippen molar-refractivity contribution in [2.45, 2.75) is 5.92 Å². The third-order valence-electron chi connectivity index (χ3n) is 3.53. The van der Waals surface area contributed by atoms with Crippen LogP contribution in [0.1, 0.15) is 17.0 Å². The fraction of sp³-hybridized carbons (Fsp3) is 0.188. The van der Waals surface area contributed by atoms with Crippen molar-refractivity contribution in [3.63, 3.8) is 0 Å². The molecule has 5 heteroatoms. The highest BCUT2D eigenvalue weighted by molar-refractivity contribution is 5.85. The molecule has 1 unspecified atom stereocenters. The van der Waals surface area contributed by atoms with Crippen LogP contribution in [0.5, 0.6) is 23.0 Å². The summed E-state index contributed by atoms with van der Waals surface area (Å²) in [5, 5.41) is 9.66. The summed E-state index contributed by atoms with van der Waals surface area (Å²) >= 11 is 0. The lowest BCUT2D eigenvalue weighted by Gasteiger charge is -2.27. The second-order valence-electron chi connectivity index (χ2n) is 4.62. The number of ether oxygens (including phenoxy) is 3. The maximum absolute atomic E-state index is 11.8. The van der Waals surface area contributed by atoms with E-state index in [2.05, 4.69) is 0 Å². The third-order valence-corrected chi connectivity index (χ3v) is 3.53. The largest absolute Gasteiger partial charge is 0.493 e. The first-order valence-electron chi connectivity index (χ1n) is 6.41. The molecule has 0 aliphatic carbocycles. The van der Waals surface area contributed by atoms with Crippen LogP contribution in [0.25, 0.3) is 0 Å². The summed E-state index contributed by atoms with van der Waals surface area (Å²) in [7, 11) is 3.00. The molecule has 0 fully saturated rings. The molecular formula is C16H14O5. The Kier molecular flexibility index (Phi) is 3.17. The van der Waals surface area contributed by atoms with E-state index in [0.717, 1.165) is 0 Å². The van der Waals surface area contributed by atoms with Crippen LogP contribution in [0, 0.1) is 0 Å². The van der Waals surface area contributed by atoms with Gasteiger partial charge in [-0.25, -0.2) is 0 Å². The normalized spacial score (nSPS) is 15.4. The Morgan fingerprint density at radius 2 is 1.86 bits per heavy atom. The third kappa shape index (κ3) is 1.98. The highest BCUT2D eigenvalue weighted by Gasteiger charge is 2.36. The molecule has 0 aromatic heterocycles. The quantitative estimate of drug-likeness (QED) is 0.939. The zero-order chi connectivity index (χ0) is 15.0. The molecule has 0 bridgehead atoms. The van der Waals surface area contributed by atoms with Gasteiger partial charge in [0.05, 0.1) is 19.8 Å². The van der Waals surface area contributed by atoms with Gasteiger partial charge in [-0.15, -0.1) is 0 Å². The molecule has 1 aliphatic rings. The maximum Gasteiger partial charge on any atom is 0.315 e. The van der Waals surface area contributed by atoms with Crippen LogP contribution < -0.4 is 14.2 Å². The maximum atomic E-state index is 11.8. The second kappa shape index (κ2) is 5.01. The average Bonchev–Trinajstić information content (AvgIpc) is 2.50. The first-order chi connectivity index (χ1) is 10.2. The smallest absolute Gasteiger partial charge is 0.315 e.